The summed E-state index contributed by atoms with van der Waals surface area (Å²) in [6.45, 7) is 4.47. The summed E-state index contributed by atoms with van der Waals surface area (Å²) < 4.78 is 7.09. The van der Waals surface area contributed by atoms with Crippen LogP contribution in [-0.2, 0) is 24.2 Å². The highest BCUT2D eigenvalue weighted by Gasteiger charge is 2.22. The molecule has 1 aromatic heterocycles. The Kier molecular flexibility index (Phi) is 6.24. The lowest BCUT2D eigenvalue weighted by atomic mass is 9.97. The van der Waals surface area contributed by atoms with Gasteiger partial charge in [-0.15, -0.1) is 0 Å². The predicted molar refractivity (Wildman–Crippen MR) is 110 cm³/mol. The minimum atomic E-state index is -0.171. The van der Waals surface area contributed by atoms with E-state index in [-0.39, 0.29) is 18.0 Å². The lowest BCUT2D eigenvalue weighted by Gasteiger charge is -2.34. The Bertz CT molecular complexity index is 889. The Labute approximate surface area is 170 Å². The number of hydrogen-bond donors (Lipinski definition) is 0. The summed E-state index contributed by atoms with van der Waals surface area (Å²) in [5.74, 6) is 0.847. The van der Waals surface area contributed by atoms with E-state index in [2.05, 4.69) is 10.00 Å². The molecule has 7 heteroatoms. The summed E-state index contributed by atoms with van der Waals surface area (Å²) >= 11 is 0. The average Bonchev–Trinajstić information content (AvgIpc) is 2.75. The highest BCUT2D eigenvalue weighted by atomic mass is 16.5. The van der Waals surface area contributed by atoms with Gasteiger partial charge in [-0.2, -0.15) is 5.10 Å². The summed E-state index contributed by atoms with van der Waals surface area (Å²) in [7, 11) is 0. The first-order valence-corrected chi connectivity index (χ1v) is 10.5. The topological polar surface area (TPSA) is 67.7 Å². The van der Waals surface area contributed by atoms with Gasteiger partial charge in [0.25, 0.3) is 5.56 Å². The fourth-order valence-corrected chi connectivity index (χ4v) is 3.97. The lowest BCUT2D eigenvalue weighted by molar-refractivity contribution is -0.133. The maximum atomic E-state index is 12.7. The number of rotatable bonds is 6. The molecule has 1 aromatic carbocycles. The number of carbonyl (C=O) groups excluding carboxylic acids is 1. The fraction of sp³-hybridized carbons (Fsp3) is 0.500. The van der Waals surface area contributed by atoms with Crippen molar-refractivity contribution >= 4 is 5.91 Å². The number of aryl methyl sites for hydroxylation is 2. The number of amides is 1. The van der Waals surface area contributed by atoms with Crippen LogP contribution in [0.2, 0.25) is 0 Å². The molecule has 154 valence electrons. The summed E-state index contributed by atoms with van der Waals surface area (Å²) in [4.78, 5) is 29.1. The number of benzene rings is 1. The summed E-state index contributed by atoms with van der Waals surface area (Å²) in [5, 5.41) is 4.46. The lowest BCUT2D eigenvalue weighted by Crippen LogP contribution is -2.50. The molecule has 0 radical (unpaired) electrons. The molecule has 1 amide bonds. The molecule has 1 aliphatic heterocycles. The molecule has 29 heavy (non-hydrogen) atoms. The van der Waals surface area contributed by atoms with Crippen molar-refractivity contribution in [1.82, 2.24) is 19.6 Å². The predicted octanol–water partition coefficient (Wildman–Crippen LogP) is 1.35. The zero-order valence-corrected chi connectivity index (χ0v) is 16.8. The number of nitrogens with zero attached hydrogens (tertiary/aromatic N) is 4. The molecule has 2 heterocycles. The van der Waals surface area contributed by atoms with Crippen LogP contribution in [0.25, 0.3) is 0 Å². The van der Waals surface area contributed by atoms with Gasteiger partial charge in [-0.25, -0.2) is 4.68 Å². The fourth-order valence-electron chi connectivity index (χ4n) is 3.97. The second-order valence-corrected chi connectivity index (χ2v) is 7.70. The number of hydrogen-bond acceptors (Lipinski definition) is 5. The van der Waals surface area contributed by atoms with E-state index in [0.29, 0.717) is 19.7 Å². The molecule has 0 spiro atoms. The zero-order valence-electron chi connectivity index (χ0n) is 16.8. The molecule has 2 aliphatic rings. The first-order valence-electron chi connectivity index (χ1n) is 10.5. The average molecular weight is 396 g/mol. The van der Waals surface area contributed by atoms with Gasteiger partial charge in [0.15, 0.2) is 0 Å². The number of fused-ring (bicyclic) bond motifs is 1. The van der Waals surface area contributed by atoms with Crippen LogP contribution in [0.1, 0.15) is 24.1 Å². The molecule has 1 saturated heterocycles. The van der Waals surface area contributed by atoms with Crippen molar-refractivity contribution in [2.24, 2.45) is 0 Å². The molecular formula is C22H28N4O3. The molecular weight excluding hydrogens is 368 g/mol. The van der Waals surface area contributed by atoms with E-state index >= 15 is 0 Å². The van der Waals surface area contributed by atoms with E-state index in [1.54, 1.807) is 6.07 Å². The molecule has 0 unspecified atom stereocenters. The standard InChI is InChI=1S/C22H28N4O3/c27-21-16-18-6-4-5-9-20(18)23-26(21)17-22(28)25-12-10-24(11-13-25)14-15-29-19-7-2-1-3-8-19/h1-3,7-8,16H,4-6,9-15,17H2. The van der Waals surface area contributed by atoms with Crippen molar-refractivity contribution in [2.45, 2.75) is 32.2 Å². The van der Waals surface area contributed by atoms with Crippen LogP contribution >= 0.6 is 0 Å². The Hall–Kier alpha value is -2.67. The van der Waals surface area contributed by atoms with E-state index in [9.17, 15) is 9.59 Å². The monoisotopic (exact) mass is 396 g/mol. The highest BCUT2D eigenvalue weighted by molar-refractivity contribution is 5.76. The number of para-hydroxylation sites is 1. The van der Waals surface area contributed by atoms with Crippen LogP contribution in [0.5, 0.6) is 5.75 Å². The molecule has 0 atom stereocenters. The largest absolute Gasteiger partial charge is 0.492 e. The zero-order chi connectivity index (χ0) is 20.1. The molecule has 1 aliphatic carbocycles. The van der Waals surface area contributed by atoms with Crippen LogP contribution < -0.4 is 10.3 Å². The second kappa shape index (κ2) is 9.22. The van der Waals surface area contributed by atoms with Crippen LogP contribution in [0.15, 0.2) is 41.2 Å². The summed E-state index contributed by atoms with van der Waals surface area (Å²) in [6, 6.07) is 11.5. The number of ether oxygens (including phenoxy) is 1. The third kappa shape index (κ3) is 5.03. The van der Waals surface area contributed by atoms with Crippen LogP contribution in [0.4, 0.5) is 0 Å². The number of piperazine rings is 1. The van der Waals surface area contributed by atoms with E-state index < -0.39 is 0 Å². The molecule has 7 nitrogen and oxygen atoms in total. The maximum absolute atomic E-state index is 12.7. The third-order valence-electron chi connectivity index (χ3n) is 5.70. The highest BCUT2D eigenvalue weighted by Crippen LogP contribution is 2.17. The molecule has 0 saturated carbocycles. The smallest absolute Gasteiger partial charge is 0.267 e. The van der Waals surface area contributed by atoms with E-state index in [1.165, 1.54) is 4.68 Å². The van der Waals surface area contributed by atoms with Crippen molar-refractivity contribution < 1.29 is 9.53 Å². The van der Waals surface area contributed by atoms with Crippen molar-refractivity contribution in [3.63, 3.8) is 0 Å². The van der Waals surface area contributed by atoms with Gasteiger partial charge in [-0.1, -0.05) is 18.2 Å². The van der Waals surface area contributed by atoms with Crippen LogP contribution in [0.3, 0.4) is 0 Å². The first kappa shape index (κ1) is 19.6. The van der Waals surface area contributed by atoms with Gasteiger partial charge in [0.05, 0.1) is 5.69 Å². The Morgan fingerprint density at radius 3 is 2.59 bits per heavy atom. The minimum Gasteiger partial charge on any atom is -0.492 e. The van der Waals surface area contributed by atoms with Crippen LogP contribution in [0, 0.1) is 0 Å². The van der Waals surface area contributed by atoms with E-state index in [0.717, 1.165) is 62.3 Å². The molecule has 4 rings (SSSR count). The van der Waals surface area contributed by atoms with E-state index in [1.807, 2.05) is 35.2 Å². The molecule has 1 fully saturated rings. The van der Waals surface area contributed by atoms with Crippen molar-refractivity contribution in [2.75, 3.05) is 39.3 Å². The quantitative estimate of drug-likeness (QED) is 0.737. The van der Waals surface area contributed by atoms with E-state index in [4.69, 9.17) is 4.74 Å². The Balaban J connectivity index is 1.24. The molecule has 2 aromatic rings. The van der Waals surface area contributed by atoms with Gasteiger partial charge in [0.2, 0.25) is 5.91 Å². The molecule has 0 N–H and O–H groups in total. The maximum Gasteiger partial charge on any atom is 0.267 e. The SMILES string of the molecule is O=C(Cn1nc2c(cc1=O)CCCC2)N1CCN(CCOc2ccccc2)CC1. The van der Waals surface area contributed by atoms with Crippen molar-refractivity contribution in [3.05, 3.63) is 58.0 Å². The minimum absolute atomic E-state index is 0.0310. The van der Waals surface area contributed by atoms with Gasteiger partial charge < -0.3 is 9.64 Å². The summed E-state index contributed by atoms with van der Waals surface area (Å²) in [6.07, 6.45) is 4.02. The van der Waals surface area contributed by atoms with Crippen molar-refractivity contribution in [3.8, 4) is 5.75 Å². The van der Waals surface area contributed by atoms with Gasteiger partial charge in [0.1, 0.15) is 18.9 Å². The van der Waals surface area contributed by atoms with Crippen molar-refractivity contribution in [1.29, 1.82) is 0 Å². The number of aromatic nitrogens is 2. The normalized spacial score (nSPS) is 17.0. The van der Waals surface area contributed by atoms with Gasteiger partial charge in [0, 0.05) is 38.8 Å². The van der Waals surface area contributed by atoms with Gasteiger partial charge in [-0.05, 0) is 43.4 Å². The molecule has 0 bridgehead atoms. The first-order chi connectivity index (χ1) is 14.2. The van der Waals surface area contributed by atoms with Gasteiger partial charge in [-0.3, -0.25) is 14.5 Å². The Morgan fingerprint density at radius 2 is 1.79 bits per heavy atom. The summed E-state index contributed by atoms with van der Waals surface area (Å²) in [5.41, 5.74) is 1.86. The third-order valence-corrected chi connectivity index (χ3v) is 5.70. The number of carbonyl (C=O) groups is 1. The Morgan fingerprint density at radius 1 is 1.03 bits per heavy atom. The van der Waals surface area contributed by atoms with Crippen LogP contribution in [-0.4, -0.2) is 64.8 Å². The second-order valence-electron chi connectivity index (χ2n) is 7.70. The van der Waals surface area contributed by atoms with Gasteiger partial charge >= 0.3 is 0 Å².